The van der Waals surface area contributed by atoms with E-state index in [0.29, 0.717) is 24.2 Å². The summed E-state index contributed by atoms with van der Waals surface area (Å²) in [7, 11) is 2.10. The molecule has 0 aliphatic carbocycles. The number of halogens is 2. The van der Waals surface area contributed by atoms with Crippen molar-refractivity contribution in [2.45, 2.75) is 25.6 Å². The number of nitrogens with zero attached hydrogens (tertiary/aromatic N) is 2. The zero-order chi connectivity index (χ0) is 17.8. The maximum absolute atomic E-state index is 14.0. The zero-order valence-electron chi connectivity index (χ0n) is 14.6. The molecule has 0 amide bonds. The third kappa shape index (κ3) is 4.24. The molecular weight excluding hydrogens is 320 g/mol. The van der Waals surface area contributed by atoms with Crippen molar-refractivity contribution in [2.24, 2.45) is 5.73 Å². The van der Waals surface area contributed by atoms with Crippen molar-refractivity contribution < 1.29 is 8.78 Å². The summed E-state index contributed by atoms with van der Waals surface area (Å²) < 4.78 is 27.5. The normalized spacial score (nSPS) is 17.2. The van der Waals surface area contributed by atoms with Crippen LogP contribution in [0.1, 0.15) is 29.2 Å². The van der Waals surface area contributed by atoms with Crippen LogP contribution >= 0.6 is 0 Å². The fourth-order valence-corrected chi connectivity index (χ4v) is 3.63. The summed E-state index contributed by atoms with van der Waals surface area (Å²) in [5, 5.41) is 0. The van der Waals surface area contributed by atoms with Gasteiger partial charge in [-0.05, 0) is 37.2 Å². The molecule has 0 saturated heterocycles. The van der Waals surface area contributed by atoms with Gasteiger partial charge in [0, 0.05) is 43.9 Å². The largest absolute Gasteiger partial charge is 0.329 e. The predicted octanol–water partition coefficient (Wildman–Crippen LogP) is 3.30. The first-order valence-electron chi connectivity index (χ1n) is 8.73. The summed E-state index contributed by atoms with van der Waals surface area (Å²) in [5.41, 5.74) is 8.46. The third-order valence-electron chi connectivity index (χ3n) is 4.86. The van der Waals surface area contributed by atoms with E-state index in [1.165, 1.54) is 11.6 Å². The molecule has 0 saturated carbocycles. The van der Waals surface area contributed by atoms with E-state index < -0.39 is 11.6 Å². The number of hydrogen-bond acceptors (Lipinski definition) is 3. The van der Waals surface area contributed by atoms with Gasteiger partial charge in [-0.3, -0.25) is 4.90 Å². The summed E-state index contributed by atoms with van der Waals surface area (Å²) in [6.45, 7) is 3.54. The van der Waals surface area contributed by atoms with Gasteiger partial charge in [-0.15, -0.1) is 0 Å². The van der Waals surface area contributed by atoms with Crippen molar-refractivity contribution >= 4 is 0 Å². The van der Waals surface area contributed by atoms with Gasteiger partial charge >= 0.3 is 0 Å². The first kappa shape index (κ1) is 18.0. The molecule has 3 rings (SSSR count). The van der Waals surface area contributed by atoms with Gasteiger partial charge in [-0.25, -0.2) is 8.78 Å². The average molecular weight is 345 g/mol. The molecule has 1 unspecified atom stereocenters. The predicted molar refractivity (Wildman–Crippen MR) is 96.0 cm³/mol. The Balaban J connectivity index is 1.54. The second kappa shape index (κ2) is 8.04. The Labute approximate surface area is 148 Å². The minimum atomic E-state index is -0.529. The van der Waals surface area contributed by atoms with Crippen LogP contribution in [0.15, 0.2) is 42.5 Å². The molecule has 1 heterocycles. The topological polar surface area (TPSA) is 32.5 Å². The van der Waals surface area contributed by atoms with Gasteiger partial charge in [0.1, 0.15) is 11.6 Å². The van der Waals surface area contributed by atoms with Crippen molar-refractivity contribution in [1.82, 2.24) is 9.80 Å². The van der Waals surface area contributed by atoms with Crippen LogP contribution in [0.25, 0.3) is 0 Å². The first-order chi connectivity index (χ1) is 12.1. The Kier molecular flexibility index (Phi) is 5.78. The molecule has 5 heteroatoms. The molecule has 2 N–H and O–H groups in total. The lowest BCUT2D eigenvalue weighted by Crippen LogP contribution is -2.31. The first-order valence-corrected chi connectivity index (χ1v) is 8.73. The van der Waals surface area contributed by atoms with Crippen LogP contribution in [0.5, 0.6) is 0 Å². The molecule has 3 nitrogen and oxygen atoms in total. The van der Waals surface area contributed by atoms with Crippen LogP contribution in [-0.4, -0.2) is 36.5 Å². The Morgan fingerprint density at radius 3 is 2.68 bits per heavy atom. The van der Waals surface area contributed by atoms with E-state index in [-0.39, 0.29) is 6.04 Å². The number of hydrogen-bond donors (Lipinski definition) is 1. The molecule has 1 aliphatic heterocycles. The van der Waals surface area contributed by atoms with Gasteiger partial charge in [-0.1, -0.05) is 30.3 Å². The van der Waals surface area contributed by atoms with Gasteiger partial charge in [0.2, 0.25) is 0 Å². The van der Waals surface area contributed by atoms with E-state index in [1.807, 2.05) is 18.2 Å². The highest BCUT2D eigenvalue weighted by molar-refractivity contribution is 5.36. The maximum Gasteiger partial charge on any atom is 0.130 e. The Morgan fingerprint density at radius 1 is 1.20 bits per heavy atom. The molecule has 0 fully saturated rings. The standard InChI is InChI=1S/C20H25F2N3/c1-24(13-15-6-3-2-4-7-15)8-5-9-25-14-18-17(20(25)12-23)10-16(21)11-19(18)22/h2-4,6-7,10-11,20H,5,8-9,12-14,23H2,1H3. The van der Waals surface area contributed by atoms with Crippen LogP contribution in [0.2, 0.25) is 0 Å². The fourth-order valence-electron chi connectivity index (χ4n) is 3.63. The highest BCUT2D eigenvalue weighted by atomic mass is 19.1. The van der Waals surface area contributed by atoms with Gasteiger partial charge < -0.3 is 10.6 Å². The molecule has 0 bridgehead atoms. The summed E-state index contributed by atoms with van der Waals surface area (Å²) in [6.07, 6.45) is 0.956. The molecule has 2 aromatic carbocycles. The zero-order valence-corrected chi connectivity index (χ0v) is 14.6. The molecule has 25 heavy (non-hydrogen) atoms. The smallest absolute Gasteiger partial charge is 0.130 e. The summed E-state index contributed by atoms with van der Waals surface area (Å²) >= 11 is 0. The summed E-state index contributed by atoms with van der Waals surface area (Å²) in [6, 6.07) is 12.6. The molecule has 0 radical (unpaired) electrons. The maximum atomic E-state index is 14.0. The number of rotatable bonds is 7. The van der Waals surface area contributed by atoms with Crippen LogP contribution in [-0.2, 0) is 13.1 Å². The van der Waals surface area contributed by atoms with Crippen molar-refractivity contribution in [3.63, 3.8) is 0 Å². The fraction of sp³-hybridized carbons (Fsp3) is 0.400. The van der Waals surface area contributed by atoms with Gasteiger partial charge in [0.15, 0.2) is 0 Å². The second-order valence-corrected chi connectivity index (χ2v) is 6.75. The molecule has 2 aromatic rings. The molecular formula is C20H25F2N3. The summed E-state index contributed by atoms with van der Waals surface area (Å²) in [5.74, 6) is -0.990. The van der Waals surface area contributed by atoms with Gasteiger partial charge in [-0.2, -0.15) is 0 Å². The number of nitrogens with two attached hydrogens (primary N) is 1. The Hall–Kier alpha value is -1.82. The SMILES string of the molecule is CN(CCCN1Cc2c(F)cc(F)cc2C1CN)Cc1ccccc1. The molecule has 0 aromatic heterocycles. The third-order valence-corrected chi connectivity index (χ3v) is 4.86. The van der Waals surface area contributed by atoms with E-state index in [4.69, 9.17) is 5.73 Å². The molecule has 1 atom stereocenters. The second-order valence-electron chi connectivity index (χ2n) is 6.75. The quantitative estimate of drug-likeness (QED) is 0.836. The van der Waals surface area contributed by atoms with Crippen molar-refractivity contribution in [3.8, 4) is 0 Å². The van der Waals surface area contributed by atoms with Crippen molar-refractivity contribution in [3.05, 3.63) is 70.8 Å². The van der Waals surface area contributed by atoms with Crippen LogP contribution in [0.3, 0.4) is 0 Å². The Bertz CT molecular complexity index is 706. The highest BCUT2D eigenvalue weighted by Crippen LogP contribution is 2.35. The molecule has 1 aliphatic rings. The van der Waals surface area contributed by atoms with E-state index in [9.17, 15) is 8.78 Å². The van der Waals surface area contributed by atoms with Crippen LogP contribution in [0.4, 0.5) is 8.78 Å². The minimum absolute atomic E-state index is 0.0976. The molecule has 0 spiro atoms. The van der Waals surface area contributed by atoms with Crippen molar-refractivity contribution in [2.75, 3.05) is 26.7 Å². The minimum Gasteiger partial charge on any atom is -0.329 e. The highest BCUT2D eigenvalue weighted by Gasteiger charge is 2.31. The number of benzene rings is 2. The lowest BCUT2D eigenvalue weighted by atomic mass is 10.0. The van der Waals surface area contributed by atoms with E-state index in [1.54, 1.807) is 0 Å². The lowest BCUT2D eigenvalue weighted by Gasteiger charge is -2.25. The Morgan fingerprint density at radius 2 is 1.96 bits per heavy atom. The monoisotopic (exact) mass is 345 g/mol. The van der Waals surface area contributed by atoms with Crippen molar-refractivity contribution in [1.29, 1.82) is 0 Å². The number of fused-ring (bicyclic) bond motifs is 1. The molecule has 134 valence electrons. The van der Waals surface area contributed by atoms with E-state index in [2.05, 4.69) is 29.0 Å². The van der Waals surface area contributed by atoms with E-state index in [0.717, 1.165) is 32.1 Å². The summed E-state index contributed by atoms with van der Waals surface area (Å²) in [4.78, 5) is 4.43. The lowest BCUT2D eigenvalue weighted by molar-refractivity contribution is 0.201. The van der Waals surface area contributed by atoms with Gasteiger partial charge in [0.25, 0.3) is 0 Å². The van der Waals surface area contributed by atoms with Crippen LogP contribution in [0, 0.1) is 11.6 Å². The van der Waals surface area contributed by atoms with E-state index >= 15 is 0 Å². The van der Waals surface area contributed by atoms with Gasteiger partial charge in [0.05, 0.1) is 0 Å². The van der Waals surface area contributed by atoms with Crippen LogP contribution < -0.4 is 5.73 Å². The average Bonchev–Trinajstić information content (AvgIpc) is 2.93.